The van der Waals surface area contributed by atoms with Gasteiger partial charge in [-0.05, 0) is 12.1 Å². The third-order valence-electron chi connectivity index (χ3n) is 2.83. The molecule has 1 aromatic rings. The Bertz CT molecular complexity index is 381. The van der Waals surface area contributed by atoms with Crippen molar-refractivity contribution in [2.45, 2.75) is 24.6 Å². The van der Waals surface area contributed by atoms with E-state index >= 15 is 0 Å². The van der Waals surface area contributed by atoms with Crippen molar-refractivity contribution >= 4 is 13.8 Å². The molecule has 1 fully saturated rings. The average molecular weight is 234 g/mol. The van der Waals surface area contributed by atoms with Crippen LogP contribution in [0, 0.1) is 0 Å². The molecule has 0 radical (unpaired) electrons. The second-order valence-corrected chi connectivity index (χ2v) is 4.21. The summed E-state index contributed by atoms with van der Waals surface area (Å²) in [6.07, 6.45) is -0.135. The Morgan fingerprint density at radius 2 is 2.18 bits per heavy atom. The normalized spacial score (nSPS) is 27.9. The van der Waals surface area contributed by atoms with E-state index in [1.807, 2.05) is 13.9 Å². The highest BCUT2D eigenvalue weighted by Crippen LogP contribution is 2.22. The van der Waals surface area contributed by atoms with Crippen LogP contribution in [0.3, 0.4) is 0 Å². The molecule has 1 aromatic carbocycles. The van der Waals surface area contributed by atoms with E-state index in [1.165, 1.54) is 0 Å². The molecular formula is C12H15BO4. The lowest BCUT2D eigenvalue weighted by molar-refractivity contribution is -0.0232. The third kappa shape index (κ3) is 2.87. The Hall–Kier alpha value is -1.33. The maximum Gasteiger partial charge on any atom is 0.338 e. The fourth-order valence-corrected chi connectivity index (χ4v) is 1.98. The van der Waals surface area contributed by atoms with Crippen LogP contribution in [0.5, 0.6) is 0 Å². The predicted molar refractivity (Wildman–Crippen MR) is 64.6 cm³/mol. The molecule has 0 saturated carbocycles. The number of carbonyl (C=O) groups is 1. The monoisotopic (exact) mass is 234 g/mol. The summed E-state index contributed by atoms with van der Waals surface area (Å²) in [4.78, 5) is 11.8. The number of rotatable bonds is 3. The standard InChI is InChI=1S/C12H15BO4/c13-11-6-9(10(7-14)16-11)17-12(15)8-4-2-1-3-5-8/h1-5,9-11,14H,6-7,13H2/t9-,10-,11-/m1/s1. The molecule has 0 aliphatic carbocycles. The first-order valence-electron chi connectivity index (χ1n) is 5.73. The third-order valence-corrected chi connectivity index (χ3v) is 2.83. The number of hydrogen-bond acceptors (Lipinski definition) is 4. The van der Waals surface area contributed by atoms with Gasteiger partial charge in [0.1, 0.15) is 20.1 Å². The largest absolute Gasteiger partial charge is 0.456 e. The summed E-state index contributed by atoms with van der Waals surface area (Å²) in [7, 11) is 1.90. The number of esters is 1. The highest BCUT2D eigenvalue weighted by Gasteiger charge is 2.35. The molecule has 0 unspecified atom stereocenters. The number of aliphatic hydroxyl groups excluding tert-OH is 1. The minimum absolute atomic E-state index is 0.0146. The number of hydrogen-bond donors (Lipinski definition) is 1. The van der Waals surface area contributed by atoms with Crippen molar-refractivity contribution in [1.82, 2.24) is 0 Å². The molecule has 1 saturated heterocycles. The molecule has 0 amide bonds. The number of ether oxygens (including phenoxy) is 2. The molecule has 1 N–H and O–H groups in total. The lowest BCUT2D eigenvalue weighted by atomic mass is 9.96. The maximum absolute atomic E-state index is 11.8. The van der Waals surface area contributed by atoms with E-state index in [2.05, 4.69) is 0 Å². The van der Waals surface area contributed by atoms with Gasteiger partial charge in [-0.25, -0.2) is 4.79 Å². The zero-order valence-electron chi connectivity index (χ0n) is 9.70. The summed E-state index contributed by atoms with van der Waals surface area (Å²) < 4.78 is 10.8. The molecule has 5 heteroatoms. The first kappa shape index (κ1) is 12.1. The summed E-state index contributed by atoms with van der Waals surface area (Å²) in [6.45, 7) is -0.128. The van der Waals surface area contributed by atoms with Crippen molar-refractivity contribution in [2.75, 3.05) is 6.61 Å². The lowest BCUT2D eigenvalue weighted by Gasteiger charge is -2.16. The Kier molecular flexibility index (Phi) is 3.81. The number of aliphatic hydroxyl groups is 1. The van der Waals surface area contributed by atoms with Crippen molar-refractivity contribution in [3.8, 4) is 0 Å². The van der Waals surface area contributed by atoms with Crippen molar-refractivity contribution in [3.05, 3.63) is 35.9 Å². The van der Waals surface area contributed by atoms with E-state index in [1.54, 1.807) is 24.3 Å². The zero-order valence-corrected chi connectivity index (χ0v) is 9.70. The summed E-state index contributed by atoms with van der Waals surface area (Å²) in [5, 5.41) is 9.12. The van der Waals surface area contributed by atoms with Gasteiger partial charge in [-0.1, -0.05) is 18.2 Å². The van der Waals surface area contributed by atoms with E-state index in [9.17, 15) is 4.79 Å². The first-order valence-corrected chi connectivity index (χ1v) is 5.73. The van der Waals surface area contributed by atoms with Gasteiger partial charge in [-0.15, -0.1) is 0 Å². The van der Waals surface area contributed by atoms with Gasteiger partial charge in [0, 0.05) is 12.4 Å². The fourth-order valence-electron chi connectivity index (χ4n) is 1.98. The average Bonchev–Trinajstić information content (AvgIpc) is 2.70. The van der Waals surface area contributed by atoms with E-state index in [-0.39, 0.29) is 24.7 Å². The van der Waals surface area contributed by atoms with Crippen molar-refractivity contribution in [1.29, 1.82) is 0 Å². The minimum atomic E-state index is -0.405. The molecular weight excluding hydrogens is 219 g/mol. The molecule has 1 aliphatic rings. The Balaban J connectivity index is 1.99. The second kappa shape index (κ2) is 5.34. The minimum Gasteiger partial charge on any atom is -0.456 e. The van der Waals surface area contributed by atoms with Crippen LogP contribution in [0.2, 0.25) is 0 Å². The van der Waals surface area contributed by atoms with Crippen LogP contribution in [0.25, 0.3) is 0 Å². The Morgan fingerprint density at radius 1 is 1.47 bits per heavy atom. The molecule has 1 aliphatic heterocycles. The van der Waals surface area contributed by atoms with Gasteiger partial charge in [0.05, 0.1) is 12.2 Å². The smallest absolute Gasteiger partial charge is 0.338 e. The zero-order chi connectivity index (χ0) is 12.3. The second-order valence-electron chi connectivity index (χ2n) is 4.21. The molecule has 17 heavy (non-hydrogen) atoms. The van der Waals surface area contributed by atoms with Gasteiger partial charge >= 0.3 is 5.97 Å². The van der Waals surface area contributed by atoms with Crippen LogP contribution in [-0.4, -0.2) is 43.7 Å². The van der Waals surface area contributed by atoms with Gasteiger partial charge in [0.2, 0.25) is 0 Å². The Labute approximate surface area is 101 Å². The van der Waals surface area contributed by atoms with Crippen LogP contribution >= 0.6 is 0 Å². The summed E-state index contributed by atoms with van der Waals surface area (Å²) in [5.41, 5.74) is 0.517. The van der Waals surface area contributed by atoms with Crippen LogP contribution in [0.1, 0.15) is 16.8 Å². The highest BCUT2D eigenvalue weighted by atomic mass is 16.6. The molecule has 0 spiro atoms. The molecule has 2 rings (SSSR count). The van der Waals surface area contributed by atoms with E-state index in [4.69, 9.17) is 14.6 Å². The topological polar surface area (TPSA) is 55.8 Å². The highest BCUT2D eigenvalue weighted by molar-refractivity contribution is 6.11. The van der Waals surface area contributed by atoms with Gasteiger partial charge in [-0.2, -0.15) is 0 Å². The fraction of sp³-hybridized carbons (Fsp3) is 0.417. The van der Waals surface area contributed by atoms with Crippen LogP contribution in [0.4, 0.5) is 0 Å². The van der Waals surface area contributed by atoms with Crippen molar-refractivity contribution in [3.63, 3.8) is 0 Å². The van der Waals surface area contributed by atoms with Gasteiger partial charge in [0.15, 0.2) is 0 Å². The maximum atomic E-state index is 11.8. The lowest BCUT2D eigenvalue weighted by Crippen LogP contribution is -2.30. The van der Waals surface area contributed by atoms with E-state index < -0.39 is 6.10 Å². The van der Waals surface area contributed by atoms with Crippen LogP contribution < -0.4 is 0 Å². The molecule has 3 atom stereocenters. The number of carbonyl (C=O) groups excluding carboxylic acids is 1. The van der Waals surface area contributed by atoms with Gasteiger partial charge < -0.3 is 14.6 Å². The SMILES string of the molecule is B[C@H]1C[C@@H](OC(=O)c2ccccc2)[C@@H](CO)O1. The molecule has 1 heterocycles. The Morgan fingerprint density at radius 3 is 2.82 bits per heavy atom. The quantitative estimate of drug-likeness (QED) is 0.588. The summed E-state index contributed by atoms with van der Waals surface area (Å²) >= 11 is 0. The number of benzene rings is 1. The molecule has 4 nitrogen and oxygen atoms in total. The van der Waals surface area contributed by atoms with Crippen molar-refractivity contribution < 1.29 is 19.4 Å². The first-order chi connectivity index (χ1) is 8.20. The van der Waals surface area contributed by atoms with Gasteiger partial charge in [0.25, 0.3) is 0 Å². The van der Waals surface area contributed by atoms with Gasteiger partial charge in [-0.3, -0.25) is 0 Å². The van der Waals surface area contributed by atoms with Crippen LogP contribution in [-0.2, 0) is 9.47 Å². The van der Waals surface area contributed by atoms with Crippen molar-refractivity contribution in [2.24, 2.45) is 0 Å². The molecule has 0 bridgehead atoms. The van der Waals surface area contributed by atoms with Crippen LogP contribution in [0.15, 0.2) is 30.3 Å². The summed E-state index contributed by atoms with van der Waals surface area (Å²) in [5.74, 6) is -0.369. The summed E-state index contributed by atoms with van der Waals surface area (Å²) in [6, 6.07) is 8.83. The van der Waals surface area contributed by atoms with E-state index in [0.29, 0.717) is 12.0 Å². The predicted octanol–water partition coefficient (Wildman–Crippen LogP) is -0.0476. The van der Waals surface area contributed by atoms with E-state index in [0.717, 1.165) is 0 Å². The molecule has 90 valence electrons. The molecule has 0 aromatic heterocycles.